The molecule has 0 spiro atoms. The molecule has 0 amide bonds. The predicted molar refractivity (Wildman–Crippen MR) is 73.8 cm³/mol. The number of nitrogens with two attached hydrogens (primary N) is 1. The van der Waals surface area contributed by atoms with Crippen molar-refractivity contribution in [1.29, 1.82) is 0 Å². The number of ether oxygens (including phenoxy) is 1. The zero-order valence-electron chi connectivity index (χ0n) is 10.0. The van der Waals surface area contributed by atoms with Crippen LogP contribution < -0.4 is 5.73 Å². The third-order valence-electron chi connectivity index (χ3n) is 2.23. The van der Waals surface area contributed by atoms with Crippen molar-refractivity contribution in [2.45, 2.75) is 24.3 Å². The normalized spacial score (nSPS) is 12.6. The Morgan fingerprint density at radius 2 is 2.39 bits per heavy atom. The number of esters is 1. The van der Waals surface area contributed by atoms with Gasteiger partial charge in [-0.05, 0) is 25.3 Å². The summed E-state index contributed by atoms with van der Waals surface area (Å²) in [5.74, 6) is 0.177. The van der Waals surface area contributed by atoms with E-state index >= 15 is 0 Å². The molecule has 0 aliphatic rings. The molecule has 2 rings (SSSR count). The Morgan fingerprint density at radius 3 is 3.11 bits per heavy atom. The standard InChI is InChI=1S/C11H13N3O2S2/c1-3-16-10(15)6(2)18-11-13-8(12)7-4-5-17-9(7)14-11/h4-6H,3H2,1-2H3,(H2,12,13,14). The Bertz CT molecular complexity index is 570. The number of aromatic nitrogens is 2. The first-order valence-electron chi connectivity index (χ1n) is 5.45. The van der Waals surface area contributed by atoms with Crippen molar-refractivity contribution in [2.75, 3.05) is 12.3 Å². The molecular weight excluding hydrogens is 270 g/mol. The molecule has 0 saturated carbocycles. The highest BCUT2D eigenvalue weighted by atomic mass is 32.2. The second-order valence-electron chi connectivity index (χ2n) is 3.54. The fourth-order valence-electron chi connectivity index (χ4n) is 1.38. The van der Waals surface area contributed by atoms with Crippen LogP contribution in [0.15, 0.2) is 16.6 Å². The third kappa shape index (κ3) is 2.73. The average Bonchev–Trinajstić information content (AvgIpc) is 2.77. The van der Waals surface area contributed by atoms with E-state index in [-0.39, 0.29) is 11.2 Å². The van der Waals surface area contributed by atoms with Crippen molar-refractivity contribution >= 4 is 45.1 Å². The number of thiophene rings is 1. The number of thioether (sulfide) groups is 1. The molecule has 0 aromatic carbocycles. The van der Waals surface area contributed by atoms with Crippen molar-refractivity contribution in [3.63, 3.8) is 0 Å². The lowest BCUT2D eigenvalue weighted by molar-refractivity contribution is -0.142. The van der Waals surface area contributed by atoms with E-state index in [1.807, 2.05) is 11.4 Å². The Hall–Kier alpha value is -1.34. The predicted octanol–water partition coefficient (Wildman–Crippen LogP) is 2.32. The number of carbonyl (C=O) groups excluding carboxylic acids is 1. The van der Waals surface area contributed by atoms with E-state index in [9.17, 15) is 4.79 Å². The number of carbonyl (C=O) groups is 1. The highest BCUT2D eigenvalue weighted by molar-refractivity contribution is 8.00. The van der Waals surface area contributed by atoms with E-state index in [1.54, 1.807) is 13.8 Å². The lowest BCUT2D eigenvalue weighted by atomic mass is 10.4. The van der Waals surface area contributed by atoms with Crippen LogP contribution in [0.25, 0.3) is 10.2 Å². The van der Waals surface area contributed by atoms with Crippen molar-refractivity contribution < 1.29 is 9.53 Å². The summed E-state index contributed by atoms with van der Waals surface area (Å²) < 4.78 is 4.93. The molecule has 2 N–H and O–H groups in total. The molecule has 96 valence electrons. The smallest absolute Gasteiger partial charge is 0.319 e. The second-order valence-corrected chi connectivity index (χ2v) is 5.75. The maximum atomic E-state index is 11.5. The van der Waals surface area contributed by atoms with E-state index < -0.39 is 0 Å². The van der Waals surface area contributed by atoms with Gasteiger partial charge in [0, 0.05) is 0 Å². The van der Waals surface area contributed by atoms with Gasteiger partial charge in [-0.25, -0.2) is 9.97 Å². The molecule has 0 aliphatic carbocycles. The molecule has 5 nitrogen and oxygen atoms in total. The molecule has 0 fully saturated rings. The second kappa shape index (κ2) is 5.53. The lowest BCUT2D eigenvalue weighted by Gasteiger charge is -2.09. The molecule has 0 radical (unpaired) electrons. The van der Waals surface area contributed by atoms with Crippen LogP contribution in [-0.2, 0) is 9.53 Å². The molecule has 18 heavy (non-hydrogen) atoms. The maximum Gasteiger partial charge on any atom is 0.319 e. The molecule has 2 aromatic heterocycles. The minimum absolute atomic E-state index is 0.268. The summed E-state index contributed by atoms with van der Waals surface area (Å²) in [6.45, 7) is 3.92. The van der Waals surface area contributed by atoms with Gasteiger partial charge in [-0.1, -0.05) is 11.8 Å². The van der Waals surface area contributed by atoms with Crippen LogP contribution in [0.1, 0.15) is 13.8 Å². The van der Waals surface area contributed by atoms with Gasteiger partial charge in [-0.15, -0.1) is 11.3 Å². The molecule has 0 saturated heterocycles. The van der Waals surface area contributed by atoms with E-state index in [4.69, 9.17) is 10.5 Å². The number of rotatable bonds is 4. The van der Waals surface area contributed by atoms with Gasteiger partial charge in [-0.2, -0.15) is 0 Å². The summed E-state index contributed by atoms with van der Waals surface area (Å²) in [6, 6.07) is 1.89. The van der Waals surface area contributed by atoms with E-state index in [2.05, 4.69) is 9.97 Å². The highest BCUT2D eigenvalue weighted by Gasteiger charge is 2.18. The first-order valence-corrected chi connectivity index (χ1v) is 7.21. The van der Waals surface area contributed by atoms with Crippen LogP contribution in [0.3, 0.4) is 0 Å². The number of anilines is 1. The summed E-state index contributed by atoms with van der Waals surface area (Å²) in [5, 5.41) is 2.93. The largest absolute Gasteiger partial charge is 0.465 e. The Labute approximate surface area is 113 Å². The van der Waals surface area contributed by atoms with Gasteiger partial charge in [-0.3, -0.25) is 4.79 Å². The Kier molecular flexibility index (Phi) is 4.03. The molecule has 1 atom stereocenters. The van der Waals surface area contributed by atoms with E-state index in [1.165, 1.54) is 23.1 Å². The zero-order chi connectivity index (χ0) is 13.1. The Balaban J connectivity index is 2.18. The summed E-state index contributed by atoms with van der Waals surface area (Å²) in [5.41, 5.74) is 5.84. The third-order valence-corrected chi connectivity index (χ3v) is 3.98. The van der Waals surface area contributed by atoms with Crippen molar-refractivity contribution in [3.05, 3.63) is 11.4 Å². The average molecular weight is 283 g/mol. The van der Waals surface area contributed by atoms with Crippen molar-refractivity contribution in [2.24, 2.45) is 0 Å². The van der Waals surface area contributed by atoms with Crippen LogP contribution in [0.4, 0.5) is 5.82 Å². The maximum absolute atomic E-state index is 11.5. The van der Waals surface area contributed by atoms with Crippen molar-refractivity contribution in [3.8, 4) is 0 Å². The molecular formula is C11H13N3O2S2. The summed E-state index contributed by atoms with van der Waals surface area (Å²) in [4.78, 5) is 20.9. The molecule has 0 bridgehead atoms. The van der Waals surface area contributed by atoms with Gasteiger partial charge < -0.3 is 10.5 Å². The van der Waals surface area contributed by atoms with Gasteiger partial charge in [0.25, 0.3) is 0 Å². The number of hydrogen-bond acceptors (Lipinski definition) is 7. The number of fused-ring (bicyclic) bond motifs is 1. The molecule has 2 aromatic rings. The highest BCUT2D eigenvalue weighted by Crippen LogP contribution is 2.28. The van der Waals surface area contributed by atoms with Crippen LogP contribution >= 0.6 is 23.1 Å². The van der Waals surface area contributed by atoms with Crippen LogP contribution in [0.5, 0.6) is 0 Å². The van der Waals surface area contributed by atoms with Gasteiger partial charge in [0.05, 0.1) is 12.0 Å². The Morgan fingerprint density at radius 1 is 1.61 bits per heavy atom. The first kappa shape index (κ1) is 13.1. The van der Waals surface area contributed by atoms with Gasteiger partial charge in [0.15, 0.2) is 5.16 Å². The van der Waals surface area contributed by atoms with Crippen LogP contribution in [0, 0.1) is 0 Å². The van der Waals surface area contributed by atoms with E-state index in [0.717, 1.165) is 10.2 Å². The molecule has 7 heteroatoms. The van der Waals surface area contributed by atoms with Crippen LogP contribution in [0.2, 0.25) is 0 Å². The minimum Gasteiger partial charge on any atom is -0.465 e. The van der Waals surface area contributed by atoms with Gasteiger partial charge in [0.1, 0.15) is 15.9 Å². The molecule has 0 aliphatic heterocycles. The quantitative estimate of drug-likeness (QED) is 0.527. The van der Waals surface area contributed by atoms with Crippen LogP contribution in [-0.4, -0.2) is 27.8 Å². The fraction of sp³-hybridized carbons (Fsp3) is 0.364. The van der Waals surface area contributed by atoms with Gasteiger partial charge in [0.2, 0.25) is 0 Å². The summed E-state index contributed by atoms with van der Waals surface area (Å²) in [6.07, 6.45) is 0. The number of nitrogens with zero attached hydrogens (tertiary/aromatic N) is 2. The van der Waals surface area contributed by atoms with Crippen molar-refractivity contribution in [1.82, 2.24) is 9.97 Å². The fourth-order valence-corrected chi connectivity index (χ4v) is 2.98. The topological polar surface area (TPSA) is 78.1 Å². The SMILES string of the molecule is CCOC(=O)C(C)Sc1nc(N)c2ccsc2n1. The zero-order valence-corrected chi connectivity index (χ0v) is 11.7. The van der Waals surface area contributed by atoms with Gasteiger partial charge >= 0.3 is 5.97 Å². The number of nitrogen functional groups attached to an aromatic ring is 1. The lowest BCUT2D eigenvalue weighted by Crippen LogP contribution is -2.17. The summed E-state index contributed by atoms with van der Waals surface area (Å²) in [7, 11) is 0. The number of hydrogen-bond donors (Lipinski definition) is 1. The molecule has 1 unspecified atom stereocenters. The molecule has 2 heterocycles. The minimum atomic E-state index is -0.346. The van der Waals surface area contributed by atoms with E-state index in [0.29, 0.717) is 17.6 Å². The first-order chi connectivity index (χ1) is 8.61. The monoisotopic (exact) mass is 283 g/mol. The summed E-state index contributed by atoms with van der Waals surface area (Å²) >= 11 is 2.75.